The van der Waals surface area contributed by atoms with Crippen LogP contribution in [0.2, 0.25) is 0 Å². The lowest BCUT2D eigenvalue weighted by Crippen LogP contribution is -2.12. The predicted molar refractivity (Wildman–Crippen MR) is 70.3 cm³/mol. The second-order valence-electron chi connectivity index (χ2n) is 3.49. The van der Waals surface area contributed by atoms with E-state index in [0.717, 1.165) is 11.3 Å². The van der Waals surface area contributed by atoms with Crippen LogP contribution in [-0.4, -0.2) is 57.8 Å². The Morgan fingerprint density at radius 2 is 1.79 bits per heavy atom. The van der Waals surface area contributed by atoms with E-state index in [2.05, 4.69) is 0 Å². The minimum Gasteiger partial charge on any atom is -0.489 e. The number of methoxy groups -OCH3 is 1. The van der Waals surface area contributed by atoms with Crippen LogP contribution in [0.3, 0.4) is 0 Å². The molecule has 1 N–H and O–H groups in total. The zero-order valence-corrected chi connectivity index (χ0v) is 11.6. The maximum Gasteiger partial charge on any atom is 0.349 e. The van der Waals surface area contributed by atoms with Crippen molar-refractivity contribution in [3.05, 3.63) is 16.3 Å². The monoisotopic (exact) mass is 290 g/mol. The average Bonchev–Trinajstić information content (AvgIpc) is 2.85. The van der Waals surface area contributed by atoms with E-state index in [1.807, 2.05) is 0 Å². The smallest absolute Gasteiger partial charge is 0.349 e. The van der Waals surface area contributed by atoms with Gasteiger partial charge in [0.15, 0.2) is 4.88 Å². The summed E-state index contributed by atoms with van der Waals surface area (Å²) in [7, 11) is 1.62. The Morgan fingerprint density at radius 3 is 2.42 bits per heavy atom. The largest absolute Gasteiger partial charge is 0.489 e. The Hall–Kier alpha value is -1.15. The molecule has 1 aromatic heterocycles. The van der Waals surface area contributed by atoms with Gasteiger partial charge < -0.3 is 24.1 Å². The van der Waals surface area contributed by atoms with Crippen LogP contribution in [0.25, 0.3) is 0 Å². The van der Waals surface area contributed by atoms with Gasteiger partial charge in [0.2, 0.25) is 0 Å². The third kappa shape index (κ3) is 6.53. The van der Waals surface area contributed by atoms with Crippen molar-refractivity contribution >= 4 is 17.3 Å². The molecule has 1 aromatic rings. The summed E-state index contributed by atoms with van der Waals surface area (Å²) in [6.07, 6.45) is 0. The molecule has 0 bridgehead atoms. The molecule has 0 radical (unpaired) electrons. The second-order valence-corrected chi connectivity index (χ2v) is 4.40. The molecule has 0 spiro atoms. The van der Waals surface area contributed by atoms with Crippen molar-refractivity contribution in [1.29, 1.82) is 0 Å². The van der Waals surface area contributed by atoms with Gasteiger partial charge in [0.1, 0.15) is 12.4 Å². The lowest BCUT2D eigenvalue weighted by Gasteiger charge is -2.07. The van der Waals surface area contributed by atoms with Gasteiger partial charge in [-0.3, -0.25) is 0 Å². The van der Waals surface area contributed by atoms with Crippen molar-refractivity contribution in [3.63, 3.8) is 0 Å². The Balaban J connectivity index is 2.02. The number of hydrogen-bond donors (Lipinski definition) is 1. The summed E-state index contributed by atoms with van der Waals surface area (Å²) in [6.45, 7) is 2.80. The fourth-order valence-electron chi connectivity index (χ4n) is 1.24. The minimum atomic E-state index is -0.975. The summed E-state index contributed by atoms with van der Waals surface area (Å²) < 4.78 is 20.6. The molecular weight excluding hydrogens is 272 g/mol. The summed E-state index contributed by atoms with van der Waals surface area (Å²) in [5.41, 5.74) is 0. The summed E-state index contributed by atoms with van der Waals surface area (Å²) in [5, 5.41) is 10.6. The van der Waals surface area contributed by atoms with Gasteiger partial charge in [-0.25, -0.2) is 4.79 Å². The first-order valence-electron chi connectivity index (χ1n) is 5.83. The molecule has 0 atom stereocenters. The van der Waals surface area contributed by atoms with Gasteiger partial charge in [-0.2, -0.15) is 0 Å². The number of carbonyl (C=O) groups is 1. The Bertz CT molecular complexity index is 365. The molecule has 1 heterocycles. The topological polar surface area (TPSA) is 74.2 Å². The van der Waals surface area contributed by atoms with Gasteiger partial charge in [0.25, 0.3) is 0 Å². The summed E-state index contributed by atoms with van der Waals surface area (Å²) in [4.78, 5) is 11.0. The highest BCUT2D eigenvalue weighted by molar-refractivity contribution is 7.12. The third-order valence-electron chi connectivity index (χ3n) is 2.11. The van der Waals surface area contributed by atoms with Crippen molar-refractivity contribution in [3.8, 4) is 5.75 Å². The number of carboxylic acid groups (broad SMARTS) is 1. The number of thiophene rings is 1. The number of hydrogen-bond acceptors (Lipinski definition) is 6. The average molecular weight is 290 g/mol. The van der Waals surface area contributed by atoms with Crippen LogP contribution in [0.15, 0.2) is 11.4 Å². The second kappa shape index (κ2) is 9.74. The summed E-state index contributed by atoms with van der Waals surface area (Å²) in [6, 6.07) is 1.64. The van der Waals surface area contributed by atoms with Gasteiger partial charge in [-0.05, 0) is 11.4 Å². The molecule has 7 heteroatoms. The minimum absolute atomic E-state index is 0.211. The SMILES string of the molecule is COCCOCCOCCOc1ccsc1C(=O)O. The highest BCUT2D eigenvalue weighted by Crippen LogP contribution is 2.24. The molecule has 0 unspecified atom stereocenters. The first kappa shape index (κ1) is 15.9. The van der Waals surface area contributed by atoms with Gasteiger partial charge >= 0.3 is 5.97 Å². The van der Waals surface area contributed by atoms with Crippen LogP contribution >= 0.6 is 11.3 Å². The van der Waals surface area contributed by atoms with Crippen LogP contribution in [0.4, 0.5) is 0 Å². The van der Waals surface area contributed by atoms with Crippen molar-refractivity contribution < 1.29 is 28.8 Å². The van der Waals surface area contributed by atoms with E-state index >= 15 is 0 Å². The fourth-order valence-corrected chi connectivity index (χ4v) is 1.91. The van der Waals surface area contributed by atoms with E-state index in [9.17, 15) is 4.79 Å². The Kier molecular flexibility index (Phi) is 8.15. The van der Waals surface area contributed by atoms with Crippen molar-refractivity contribution in [2.75, 3.05) is 46.8 Å². The molecule has 0 aliphatic rings. The predicted octanol–water partition coefficient (Wildman–Crippen LogP) is 1.50. The summed E-state index contributed by atoms with van der Waals surface area (Å²) >= 11 is 1.14. The molecule has 108 valence electrons. The van der Waals surface area contributed by atoms with Gasteiger partial charge in [-0.15, -0.1) is 11.3 Å². The van der Waals surface area contributed by atoms with Crippen molar-refractivity contribution in [2.24, 2.45) is 0 Å². The van der Waals surface area contributed by atoms with Crippen molar-refractivity contribution in [1.82, 2.24) is 0 Å². The molecule has 1 rings (SSSR count). The maximum absolute atomic E-state index is 10.8. The Morgan fingerprint density at radius 1 is 1.16 bits per heavy atom. The van der Waals surface area contributed by atoms with E-state index in [-0.39, 0.29) is 4.88 Å². The normalized spacial score (nSPS) is 10.6. The zero-order chi connectivity index (χ0) is 13.9. The highest BCUT2D eigenvalue weighted by atomic mass is 32.1. The molecule has 0 aliphatic carbocycles. The van der Waals surface area contributed by atoms with Crippen LogP contribution in [0, 0.1) is 0 Å². The number of ether oxygens (including phenoxy) is 4. The number of carboxylic acids is 1. The van der Waals surface area contributed by atoms with E-state index in [4.69, 9.17) is 24.1 Å². The quantitative estimate of drug-likeness (QED) is 0.623. The number of aromatic carboxylic acids is 1. The van der Waals surface area contributed by atoms with E-state index in [1.54, 1.807) is 18.6 Å². The van der Waals surface area contributed by atoms with E-state index < -0.39 is 5.97 Å². The van der Waals surface area contributed by atoms with Crippen LogP contribution in [0.1, 0.15) is 9.67 Å². The first-order chi connectivity index (χ1) is 9.25. The molecule has 0 fully saturated rings. The van der Waals surface area contributed by atoms with Crippen LogP contribution in [0.5, 0.6) is 5.75 Å². The lowest BCUT2D eigenvalue weighted by atomic mass is 10.4. The maximum atomic E-state index is 10.8. The van der Waals surface area contributed by atoms with Crippen molar-refractivity contribution in [2.45, 2.75) is 0 Å². The molecule has 0 aliphatic heterocycles. The standard InChI is InChI=1S/C12H18O6S/c1-15-3-4-16-5-6-17-7-8-18-10-2-9-19-11(10)12(13)14/h2,9H,3-8H2,1H3,(H,13,14). The molecule has 0 saturated carbocycles. The first-order valence-corrected chi connectivity index (χ1v) is 6.71. The molecule has 0 amide bonds. The van der Waals surface area contributed by atoms with E-state index in [0.29, 0.717) is 45.4 Å². The Labute approximate surface area is 115 Å². The molecular formula is C12H18O6S. The third-order valence-corrected chi connectivity index (χ3v) is 3.00. The molecule has 0 saturated heterocycles. The number of rotatable bonds is 11. The lowest BCUT2D eigenvalue weighted by molar-refractivity contribution is 0.0179. The highest BCUT2D eigenvalue weighted by Gasteiger charge is 2.12. The van der Waals surface area contributed by atoms with Gasteiger partial charge in [0.05, 0.1) is 33.0 Å². The van der Waals surface area contributed by atoms with E-state index in [1.165, 1.54) is 0 Å². The summed E-state index contributed by atoms with van der Waals surface area (Å²) in [5.74, 6) is -0.588. The van der Waals surface area contributed by atoms with Gasteiger partial charge in [-0.1, -0.05) is 0 Å². The van der Waals surface area contributed by atoms with Gasteiger partial charge in [0, 0.05) is 7.11 Å². The molecule has 6 nitrogen and oxygen atoms in total. The zero-order valence-electron chi connectivity index (χ0n) is 10.8. The van der Waals surface area contributed by atoms with Crippen LogP contribution in [-0.2, 0) is 14.2 Å². The molecule has 19 heavy (non-hydrogen) atoms. The fraction of sp³-hybridized carbons (Fsp3) is 0.583. The van der Waals surface area contributed by atoms with Crippen LogP contribution < -0.4 is 4.74 Å². The molecule has 0 aromatic carbocycles.